The van der Waals surface area contributed by atoms with Crippen LogP contribution in [0.3, 0.4) is 0 Å². The third-order valence-electron chi connectivity index (χ3n) is 5.94. The van der Waals surface area contributed by atoms with Gasteiger partial charge >= 0.3 is 0 Å². The summed E-state index contributed by atoms with van der Waals surface area (Å²) >= 11 is 3.63. The molecule has 28 heavy (non-hydrogen) atoms. The molecule has 1 aliphatic rings. The third-order valence-corrected chi connectivity index (χ3v) is 6.44. The van der Waals surface area contributed by atoms with E-state index in [1.807, 2.05) is 0 Å². The fraction of sp³-hybridized carbons (Fsp3) is 0.360. The smallest absolute Gasteiger partial charge is 0.0244 e. The molecule has 0 amide bonds. The number of halogens is 1. The number of rotatable bonds is 7. The van der Waals surface area contributed by atoms with Gasteiger partial charge in [0.2, 0.25) is 0 Å². The third kappa shape index (κ3) is 4.65. The number of nitrogens with zero attached hydrogens (tertiary/aromatic N) is 2. The Morgan fingerprint density at radius 1 is 1.00 bits per heavy atom. The molecule has 0 spiro atoms. The van der Waals surface area contributed by atoms with E-state index >= 15 is 0 Å². The largest absolute Gasteiger partial charge is 0.299 e. The van der Waals surface area contributed by atoms with Gasteiger partial charge in [-0.25, -0.2) is 0 Å². The van der Waals surface area contributed by atoms with Crippen LogP contribution in [0.5, 0.6) is 0 Å². The zero-order valence-electron chi connectivity index (χ0n) is 16.7. The SMILES string of the molecule is CCN1CCCC1CN(Cc1cccc(Br)c1)Cc1cccc2ccccc12. The molecular weight excluding hydrogens is 408 g/mol. The lowest BCUT2D eigenvalue weighted by molar-refractivity contribution is 0.166. The average Bonchev–Trinajstić information content (AvgIpc) is 3.15. The normalized spacial score (nSPS) is 17.6. The number of benzene rings is 3. The molecule has 1 fully saturated rings. The summed E-state index contributed by atoms with van der Waals surface area (Å²) in [6.45, 7) is 7.80. The summed E-state index contributed by atoms with van der Waals surface area (Å²) < 4.78 is 1.16. The Labute approximate surface area is 177 Å². The first-order chi connectivity index (χ1) is 13.7. The van der Waals surface area contributed by atoms with Gasteiger partial charge in [-0.2, -0.15) is 0 Å². The molecule has 1 heterocycles. The first-order valence-corrected chi connectivity index (χ1v) is 11.2. The van der Waals surface area contributed by atoms with Crippen molar-refractivity contribution in [3.05, 3.63) is 82.3 Å². The Morgan fingerprint density at radius 3 is 2.68 bits per heavy atom. The molecule has 146 valence electrons. The molecule has 1 aliphatic heterocycles. The molecule has 3 aromatic rings. The monoisotopic (exact) mass is 436 g/mol. The molecule has 3 aromatic carbocycles. The minimum atomic E-state index is 0.673. The summed E-state index contributed by atoms with van der Waals surface area (Å²) in [6.07, 6.45) is 2.65. The number of likely N-dealkylation sites (tertiary alicyclic amines) is 1. The molecule has 0 saturated carbocycles. The molecule has 1 unspecified atom stereocenters. The Hall–Kier alpha value is -1.68. The Kier molecular flexibility index (Phi) is 6.46. The van der Waals surface area contributed by atoms with Crippen molar-refractivity contribution in [1.82, 2.24) is 9.80 Å². The fourth-order valence-corrected chi connectivity index (χ4v) is 5.01. The summed E-state index contributed by atoms with van der Waals surface area (Å²) in [7, 11) is 0. The van der Waals surface area contributed by atoms with E-state index < -0.39 is 0 Å². The van der Waals surface area contributed by atoms with E-state index in [4.69, 9.17) is 0 Å². The predicted octanol–water partition coefficient (Wildman–Crippen LogP) is 6.09. The molecule has 0 radical (unpaired) electrons. The lowest BCUT2D eigenvalue weighted by Crippen LogP contribution is -2.39. The fourth-order valence-electron chi connectivity index (χ4n) is 4.57. The van der Waals surface area contributed by atoms with Crippen molar-refractivity contribution >= 4 is 26.7 Å². The Morgan fingerprint density at radius 2 is 1.82 bits per heavy atom. The van der Waals surface area contributed by atoms with E-state index in [1.165, 1.54) is 41.3 Å². The van der Waals surface area contributed by atoms with Crippen molar-refractivity contribution in [2.45, 2.75) is 38.9 Å². The van der Waals surface area contributed by atoms with Gasteiger partial charge in [0.05, 0.1) is 0 Å². The lowest BCUT2D eigenvalue weighted by atomic mass is 10.0. The van der Waals surface area contributed by atoms with E-state index in [0.29, 0.717) is 6.04 Å². The van der Waals surface area contributed by atoms with Gasteiger partial charge in [-0.05, 0) is 60.0 Å². The number of hydrogen-bond acceptors (Lipinski definition) is 2. The summed E-state index contributed by atoms with van der Waals surface area (Å²) in [5, 5.41) is 2.71. The standard InChI is InChI=1S/C25H29BrN2/c1-2-28-15-7-13-24(28)19-27(17-20-8-5-12-23(26)16-20)18-22-11-6-10-21-9-3-4-14-25(21)22/h3-6,8-12,14,16,24H,2,7,13,15,17-19H2,1H3. The van der Waals surface area contributed by atoms with Crippen molar-refractivity contribution in [3.8, 4) is 0 Å². The second-order valence-corrected chi connectivity index (χ2v) is 8.78. The van der Waals surface area contributed by atoms with Crippen LogP contribution in [-0.4, -0.2) is 35.5 Å². The zero-order valence-corrected chi connectivity index (χ0v) is 18.2. The van der Waals surface area contributed by atoms with E-state index in [9.17, 15) is 0 Å². The van der Waals surface area contributed by atoms with Crippen LogP contribution in [0.25, 0.3) is 10.8 Å². The molecule has 0 aromatic heterocycles. The molecule has 4 rings (SSSR count). The van der Waals surface area contributed by atoms with Crippen LogP contribution in [0.1, 0.15) is 30.9 Å². The summed E-state index contributed by atoms with van der Waals surface area (Å²) in [6, 6.07) is 24.9. The van der Waals surface area contributed by atoms with Crippen LogP contribution in [-0.2, 0) is 13.1 Å². The van der Waals surface area contributed by atoms with Gasteiger partial charge in [0.25, 0.3) is 0 Å². The second-order valence-electron chi connectivity index (χ2n) is 7.86. The van der Waals surface area contributed by atoms with E-state index in [-0.39, 0.29) is 0 Å². The van der Waals surface area contributed by atoms with Crippen LogP contribution >= 0.6 is 15.9 Å². The van der Waals surface area contributed by atoms with Crippen molar-refractivity contribution < 1.29 is 0 Å². The first-order valence-electron chi connectivity index (χ1n) is 10.4. The number of likely N-dealkylation sites (N-methyl/N-ethyl adjacent to an activating group) is 1. The van der Waals surface area contributed by atoms with E-state index in [2.05, 4.69) is 99.4 Å². The van der Waals surface area contributed by atoms with Crippen LogP contribution in [0, 0.1) is 0 Å². The zero-order chi connectivity index (χ0) is 19.3. The minimum Gasteiger partial charge on any atom is -0.299 e. The van der Waals surface area contributed by atoms with Crippen LogP contribution < -0.4 is 0 Å². The van der Waals surface area contributed by atoms with Crippen LogP contribution in [0.15, 0.2) is 71.2 Å². The molecule has 2 nitrogen and oxygen atoms in total. The molecule has 1 saturated heterocycles. The number of fused-ring (bicyclic) bond motifs is 1. The van der Waals surface area contributed by atoms with Crippen LogP contribution in [0.2, 0.25) is 0 Å². The van der Waals surface area contributed by atoms with Crippen molar-refractivity contribution in [1.29, 1.82) is 0 Å². The second kappa shape index (κ2) is 9.21. The van der Waals surface area contributed by atoms with E-state index in [0.717, 1.165) is 30.7 Å². The minimum absolute atomic E-state index is 0.673. The molecule has 0 N–H and O–H groups in total. The number of hydrogen-bond donors (Lipinski definition) is 0. The molecule has 1 atom stereocenters. The van der Waals surface area contributed by atoms with Gasteiger partial charge in [0, 0.05) is 30.1 Å². The average molecular weight is 437 g/mol. The highest BCUT2D eigenvalue weighted by Crippen LogP contribution is 2.24. The highest BCUT2D eigenvalue weighted by Gasteiger charge is 2.25. The highest BCUT2D eigenvalue weighted by atomic mass is 79.9. The van der Waals surface area contributed by atoms with Gasteiger partial charge in [-0.15, -0.1) is 0 Å². The molecular formula is C25H29BrN2. The van der Waals surface area contributed by atoms with Gasteiger partial charge in [-0.1, -0.05) is 77.5 Å². The Balaban J connectivity index is 1.60. The van der Waals surface area contributed by atoms with Crippen LogP contribution in [0.4, 0.5) is 0 Å². The molecule has 0 bridgehead atoms. The lowest BCUT2D eigenvalue weighted by Gasteiger charge is -2.31. The maximum Gasteiger partial charge on any atom is 0.0244 e. The summed E-state index contributed by atoms with van der Waals surface area (Å²) in [5.74, 6) is 0. The van der Waals surface area contributed by atoms with Gasteiger partial charge in [-0.3, -0.25) is 9.80 Å². The van der Waals surface area contributed by atoms with Gasteiger partial charge < -0.3 is 0 Å². The Bertz CT molecular complexity index is 918. The van der Waals surface area contributed by atoms with Gasteiger partial charge in [0.1, 0.15) is 0 Å². The van der Waals surface area contributed by atoms with E-state index in [1.54, 1.807) is 0 Å². The predicted molar refractivity (Wildman–Crippen MR) is 122 cm³/mol. The first kappa shape index (κ1) is 19.6. The quantitative estimate of drug-likeness (QED) is 0.442. The summed E-state index contributed by atoms with van der Waals surface area (Å²) in [5.41, 5.74) is 2.80. The summed E-state index contributed by atoms with van der Waals surface area (Å²) in [4.78, 5) is 5.29. The molecule has 0 aliphatic carbocycles. The van der Waals surface area contributed by atoms with Crippen molar-refractivity contribution in [3.63, 3.8) is 0 Å². The van der Waals surface area contributed by atoms with Crippen molar-refractivity contribution in [2.24, 2.45) is 0 Å². The van der Waals surface area contributed by atoms with Gasteiger partial charge in [0.15, 0.2) is 0 Å². The highest BCUT2D eigenvalue weighted by molar-refractivity contribution is 9.10. The maximum atomic E-state index is 3.63. The topological polar surface area (TPSA) is 6.48 Å². The van der Waals surface area contributed by atoms with Crippen molar-refractivity contribution in [2.75, 3.05) is 19.6 Å². The molecule has 3 heteroatoms. The maximum absolute atomic E-state index is 3.63.